The summed E-state index contributed by atoms with van der Waals surface area (Å²) in [4.78, 5) is 15.4. The molecule has 2 aliphatic rings. The molecule has 0 unspecified atom stereocenters. The molecule has 27 heavy (non-hydrogen) atoms. The Morgan fingerprint density at radius 2 is 2.07 bits per heavy atom. The van der Waals surface area contributed by atoms with Crippen LogP contribution in [-0.4, -0.2) is 15.5 Å². The third kappa shape index (κ3) is 3.43. The number of nitrogens with one attached hydrogen (secondary N) is 2. The van der Waals surface area contributed by atoms with Crippen molar-refractivity contribution in [2.24, 2.45) is 5.92 Å². The molecule has 8 heteroatoms. The highest BCUT2D eigenvalue weighted by molar-refractivity contribution is 7.71. The molecule has 4 rings (SSSR count). The quantitative estimate of drug-likeness (QED) is 0.569. The number of benzene rings is 1. The minimum absolute atomic E-state index is 0.00143. The topological polar surface area (TPSA) is 49.8 Å². The highest BCUT2D eigenvalue weighted by Crippen LogP contribution is 2.36. The average Bonchev–Trinajstić information content (AvgIpc) is 3.36. The minimum Gasteiger partial charge on any atom is -0.350 e. The summed E-state index contributed by atoms with van der Waals surface area (Å²) in [6.07, 6.45) is 4.51. The zero-order valence-electron chi connectivity index (χ0n) is 14.7. The molecular formula is C19H20ClF2N3OS. The van der Waals surface area contributed by atoms with Crippen LogP contribution in [0.1, 0.15) is 48.6 Å². The van der Waals surface area contributed by atoms with Gasteiger partial charge in [-0.3, -0.25) is 4.79 Å². The van der Waals surface area contributed by atoms with E-state index in [1.165, 1.54) is 12.1 Å². The second kappa shape index (κ2) is 7.36. The van der Waals surface area contributed by atoms with Gasteiger partial charge in [-0.25, -0.2) is 8.78 Å². The van der Waals surface area contributed by atoms with Crippen molar-refractivity contribution in [2.75, 3.05) is 0 Å². The second-order valence-electron chi connectivity index (χ2n) is 7.32. The van der Waals surface area contributed by atoms with Crippen molar-refractivity contribution >= 4 is 29.7 Å². The van der Waals surface area contributed by atoms with Gasteiger partial charge >= 0.3 is 0 Å². The number of aromatic amines is 1. The number of halogens is 3. The highest BCUT2D eigenvalue weighted by Gasteiger charge is 2.32. The van der Waals surface area contributed by atoms with E-state index in [1.807, 2.05) is 4.57 Å². The summed E-state index contributed by atoms with van der Waals surface area (Å²) in [7, 11) is 0. The van der Waals surface area contributed by atoms with Gasteiger partial charge in [-0.2, -0.15) is 0 Å². The van der Waals surface area contributed by atoms with Crippen LogP contribution in [0.2, 0.25) is 5.02 Å². The number of hydrogen-bond acceptors (Lipinski definition) is 2. The molecule has 1 aromatic carbocycles. The summed E-state index contributed by atoms with van der Waals surface area (Å²) in [5.41, 5.74) is 1.69. The van der Waals surface area contributed by atoms with E-state index in [2.05, 4.69) is 10.3 Å². The molecule has 1 fully saturated rings. The Morgan fingerprint density at radius 1 is 1.33 bits per heavy atom. The summed E-state index contributed by atoms with van der Waals surface area (Å²) in [5, 5.41) is 2.89. The lowest BCUT2D eigenvalue weighted by molar-refractivity contribution is -0.124. The molecule has 2 N–H and O–H groups in total. The molecule has 1 amide bonds. The molecule has 144 valence electrons. The first kappa shape index (κ1) is 18.6. The SMILES string of the molecule is O=C(NCc1[nH]c(=S)n2c1C[C@@H](c1c(F)ccc(Cl)c1F)C2)C1CCCC1. The molecule has 1 aliphatic carbocycles. The number of nitrogens with zero attached hydrogens (tertiary/aromatic N) is 1. The Labute approximate surface area is 165 Å². The van der Waals surface area contributed by atoms with E-state index in [4.69, 9.17) is 23.8 Å². The molecule has 1 aromatic heterocycles. The Kier molecular flexibility index (Phi) is 5.07. The van der Waals surface area contributed by atoms with Crippen molar-refractivity contribution in [1.29, 1.82) is 0 Å². The van der Waals surface area contributed by atoms with Gasteiger partial charge in [-0.15, -0.1) is 0 Å². The van der Waals surface area contributed by atoms with Crippen molar-refractivity contribution in [1.82, 2.24) is 14.9 Å². The van der Waals surface area contributed by atoms with Crippen molar-refractivity contribution in [3.05, 3.63) is 50.5 Å². The lowest BCUT2D eigenvalue weighted by atomic mass is 9.95. The zero-order chi connectivity index (χ0) is 19.1. The van der Waals surface area contributed by atoms with E-state index in [9.17, 15) is 13.6 Å². The molecule has 0 radical (unpaired) electrons. The van der Waals surface area contributed by atoms with Gasteiger partial charge in [0.25, 0.3) is 0 Å². The van der Waals surface area contributed by atoms with Gasteiger partial charge in [0.2, 0.25) is 5.91 Å². The Balaban J connectivity index is 1.53. The maximum atomic E-state index is 14.4. The normalized spacial score (nSPS) is 19.4. The van der Waals surface area contributed by atoms with Gasteiger partial charge in [-0.05, 0) is 43.6 Å². The van der Waals surface area contributed by atoms with Gasteiger partial charge in [-0.1, -0.05) is 24.4 Å². The summed E-state index contributed by atoms with van der Waals surface area (Å²) >= 11 is 11.2. The van der Waals surface area contributed by atoms with Crippen LogP contribution in [0.25, 0.3) is 0 Å². The van der Waals surface area contributed by atoms with E-state index >= 15 is 0 Å². The number of aromatic nitrogens is 2. The largest absolute Gasteiger partial charge is 0.350 e. The van der Waals surface area contributed by atoms with Crippen molar-refractivity contribution in [3.63, 3.8) is 0 Å². The molecule has 1 atom stereocenters. The predicted octanol–water partition coefficient (Wildman–Crippen LogP) is 4.62. The Hall–Kier alpha value is -1.73. The lowest BCUT2D eigenvalue weighted by Crippen LogP contribution is -2.29. The zero-order valence-corrected chi connectivity index (χ0v) is 16.2. The number of carbonyl (C=O) groups excluding carboxylic acids is 1. The fourth-order valence-corrected chi connectivity index (χ4v) is 4.74. The van der Waals surface area contributed by atoms with Crippen LogP contribution in [-0.2, 0) is 24.3 Å². The number of H-pyrrole nitrogens is 1. The lowest BCUT2D eigenvalue weighted by Gasteiger charge is -2.13. The van der Waals surface area contributed by atoms with E-state index < -0.39 is 11.6 Å². The van der Waals surface area contributed by atoms with Crippen molar-refractivity contribution in [3.8, 4) is 0 Å². The monoisotopic (exact) mass is 411 g/mol. The van der Waals surface area contributed by atoms with Gasteiger partial charge in [0.05, 0.1) is 17.3 Å². The van der Waals surface area contributed by atoms with Crippen LogP contribution in [0.4, 0.5) is 8.78 Å². The predicted molar refractivity (Wildman–Crippen MR) is 101 cm³/mol. The molecule has 2 aromatic rings. The van der Waals surface area contributed by atoms with E-state index in [0.29, 0.717) is 24.3 Å². The maximum absolute atomic E-state index is 14.4. The van der Waals surface area contributed by atoms with Crippen LogP contribution in [0.15, 0.2) is 12.1 Å². The Morgan fingerprint density at radius 3 is 2.81 bits per heavy atom. The number of rotatable bonds is 4. The van der Waals surface area contributed by atoms with Gasteiger partial charge in [0, 0.05) is 29.6 Å². The van der Waals surface area contributed by atoms with Crippen LogP contribution in [0.5, 0.6) is 0 Å². The first-order chi connectivity index (χ1) is 13.0. The van der Waals surface area contributed by atoms with Crippen LogP contribution >= 0.6 is 23.8 Å². The molecule has 1 aliphatic heterocycles. The molecule has 2 heterocycles. The molecule has 4 nitrogen and oxygen atoms in total. The average molecular weight is 412 g/mol. The van der Waals surface area contributed by atoms with E-state index in [-0.39, 0.29) is 28.3 Å². The first-order valence-corrected chi connectivity index (χ1v) is 9.96. The van der Waals surface area contributed by atoms with Crippen LogP contribution in [0, 0.1) is 22.3 Å². The summed E-state index contributed by atoms with van der Waals surface area (Å²) < 4.78 is 31.0. The van der Waals surface area contributed by atoms with Crippen molar-refractivity contribution < 1.29 is 13.6 Å². The molecule has 0 bridgehead atoms. The summed E-state index contributed by atoms with van der Waals surface area (Å²) in [6.45, 7) is 0.726. The highest BCUT2D eigenvalue weighted by atomic mass is 35.5. The smallest absolute Gasteiger partial charge is 0.223 e. The van der Waals surface area contributed by atoms with Crippen LogP contribution in [0.3, 0.4) is 0 Å². The number of hydrogen-bond donors (Lipinski definition) is 2. The third-order valence-electron chi connectivity index (χ3n) is 5.67. The summed E-state index contributed by atoms with van der Waals surface area (Å²) in [6, 6.07) is 2.42. The summed E-state index contributed by atoms with van der Waals surface area (Å²) in [5.74, 6) is -1.53. The Bertz CT molecular complexity index is 949. The molecule has 1 saturated carbocycles. The fourth-order valence-electron chi connectivity index (χ4n) is 4.26. The van der Waals surface area contributed by atoms with Gasteiger partial charge in [0.15, 0.2) is 4.77 Å². The number of fused-ring (bicyclic) bond motifs is 1. The third-order valence-corrected chi connectivity index (χ3v) is 6.29. The molecule has 0 saturated heterocycles. The number of amides is 1. The molecule has 0 spiro atoms. The maximum Gasteiger partial charge on any atom is 0.223 e. The first-order valence-electron chi connectivity index (χ1n) is 9.17. The van der Waals surface area contributed by atoms with Gasteiger partial charge < -0.3 is 14.9 Å². The standard InChI is InChI=1S/C19H20ClF2N3OS/c20-12-5-6-13(21)16(17(12)22)11-7-15-14(24-19(27)25(15)9-11)8-23-18(26)10-3-1-2-4-10/h5-6,10-11H,1-4,7-9H2,(H,23,26)(H,24,27)/t11-/m1/s1. The van der Waals surface area contributed by atoms with Gasteiger partial charge in [0.1, 0.15) is 11.6 Å². The van der Waals surface area contributed by atoms with E-state index in [0.717, 1.165) is 37.1 Å². The van der Waals surface area contributed by atoms with E-state index in [1.54, 1.807) is 0 Å². The van der Waals surface area contributed by atoms with Crippen LogP contribution < -0.4 is 5.32 Å². The van der Waals surface area contributed by atoms with Crippen molar-refractivity contribution in [2.45, 2.75) is 51.1 Å². The fraction of sp³-hybridized carbons (Fsp3) is 0.474. The number of imidazole rings is 1. The number of carbonyl (C=O) groups is 1. The molecular weight excluding hydrogens is 392 g/mol. The second-order valence-corrected chi connectivity index (χ2v) is 8.12. The minimum atomic E-state index is -0.710.